The number of nitrogens with zero attached hydrogens (tertiary/aromatic N) is 1. The number of hydrogen-bond acceptors (Lipinski definition) is 5. The number of anilines is 1. The number of hydrazone groups is 1. The molecule has 0 atom stereocenters. The van der Waals surface area contributed by atoms with Crippen LogP contribution in [-0.2, 0) is 9.59 Å². The molecule has 0 saturated carbocycles. The highest BCUT2D eigenvalue weighted by Crippen LogP contribution is 2.16. The minimum atomic E-state index is -0.372. The van der Waals surface area contributed by atoms with Gasteiger partial charge in [-0.2, -0.15) is 5.10 Å². The molecular formula is C23H20FN3O3S. The Bertz CT molecular complexity index is 1030. The molecule has 158 valence electrons. The first-order valence-electron chi connectivity index (χ1n) is 9.36. The Morgan fingerprint density at radius 1 is 0.935 bits per heavy atom. The van der Waals surface area contributed by atoms with E-state index in [9.17, 15) is 14.0 Å². The first-order chi connectivity index (χ1) is 15.1. The van der Waals surface area contributed by atoms with Gasteiger partial charge in [-0.05, 0) is 66.2 Å². The molecule has 31 heavy (non-hydrogen) atoms. The van der Waals surface area contributed by atoms with Crippen molar-refractivity contribution in [2.75, 3.05) is 17.7 Å². The van der Waals surface area contributed by atoms with Crippen molar-refractivity contribution in [3.05, 3.63) is 90.2 Å². The highest BCUT2D eigenvalue weighted by Gasteiger charge is 2.04. The lowest BCUT2D eigenvalue weighted by molar-refractivity contribution is -0.119. The van der Waals surface area contributed by atoms with Crippen LogP contribution in [0.5, 0.6) is 5.75 Å². The number of halogens is 1. The molecule has 3 aromatic rings. The minimum absolute atomic E-state index is 0.181. The van der Waals surface area contributed by atoms with E-state index in [1.165, 1.54) is 42.2 Å². The van der Waals surface area contributed by atoms with Gasteiger partial charge in [-0.15, -0.1) is 11.8 Å². The fourth-order valence-corrected chi connectivity index (χ4v) is 3.12. The number of ether oxygens (including phenoxy) is 1. The van der Waals surface area contributed by atoms with Gasteiger partial charge in [-0.3, -0.25) is 9.59 Å². The molecule has 0 spiro atoms. The Hall–Kier alpha value is -3.65. The maximum atomic E-state index is 12.9. The summed E-state index contributed by atoms with van der Waals surface area (Å²) in [7, 11) is 0. The third-order valence-electron chi connectivity index (χ3n) is 3.89. The van der Waals surface area contributed by atoms with E-state index < -0.39 is 0 Å². The van der Waals surface area contributed by atoms with Crippen LogP contribution < -0.4 is 15.5 Å². The summed E-state index contributed by atoms with van der Waals surface area (Å²) in [6, 6.07) is 22.0. The summed E-state index contributed by atoms with van der Waals surface area (Å²) >= 11 is 1.43. The van der Waals surface area contributed by atoms with Crippen LogP contribution in [0.3, 0.4) is 0 Å². The second kappa shape index (κ2) is 11.5. The maximum absolute atomic E-state index is 12.9. The number of thioether (sulfide) groups is 1. The van der Waals surface area contributed by atoms with E-state index in [-0.39, 0.29) is 30.0 Å². The molecule has 2 amide bonds. The number of carbonyl (C=O) groups excluding carboxylic acids is 2. The smallest absolute Gasteiger partial charge is 0.262 e. The zero-order valence-corrected chi connectivity index (χ0v) is 17.3. The van der Waals surface area contributed by atoms with Gasteiger partial charge in [0.1, 0.15) is 11.6 Å². The molecular weight excluding hydrogens is 417 g/mol. The quantitative estimate of drug-likeness (QED) is 0.300. The number of nitrogens with one attached hydrogen (secondary N) is 2. The van der Waals surface area contributed by atoms with Crippen LogP contribution in [0, 0.1) is 5.82 Å². The monoisotopic (exact) mass is 437 g/mol. The molecule has 2 N–H and O–H groups in total. The Morgan fingerprint density at radius 2 is 1.65 bits per heavy atom. The van der Waals surface area contributed by atoms with Gasteiger partial charge in [0.25, 0.3) is 5.91 Å². The second-order valence-corrected chi connectivity index (χ2v) is 7.36. The average molecular weight is 437 g/mol. The third-order valence-corrected chi connectivity index (χ3v) is 4.91. The van der Waals surface area contributed by atoms with E-state index in [0.717, 1.165) is 10.5 Å². The maximum Gasteiger partial charge on any atom is 0.262 e. The first kappa shape index (κ1) is 22.0. The molecule has 0 unspecified atom stereocenters. The lowest BCUT2D eigenvalue weighted by Gasteiger charge is -2.07. The standard InChI is InChI=1S/C23H20FN3O3S/c24-18-8-10-19(11-9-18)26-22(28)15-30-20-12-6-17(7-13-20)14-25-27-23(29)16-31-21-4-2-1-3-5-21/h1-14H,15-16H2,(H,26,28)(H,27,29). The SMILES string of the molecule is O=C(CSc1ccccc1)NN=Cc1ccc(OCC(=O)Nc2ccc(F)cc2)cc1. The molecule has 0 aliphatic heterocycles. The number of rotatable bonds is 9. The van der Waals surface area contributed by atoms with Crippen molar-refractivity contribution < 1.29 is 18.7 Å². The fourth-order valence-electron chi connectivity index (χ4n) is 2.41. The summed E-state index contributed by atoms with van der Waals surface area (Å²) in [6.07, 6.45) is 1.52. The van der Waals surface area contributed by atoms with Crippen LogP contribution in [0.15, 0.2) is 88.9 Å². The lowest BCUT2D eigenvalue weighted by Crippen LogP contribution is -2.20. The highest BCUT2D eigenvalue weighted by atomic mass is 32.2. The van der Waals surface area contributed by atoms with Gasteiger partial charge in [0, 0.05) is 10.6 Å². The van der Waals surface area contributed by atoms with Crippen LogP contribution >= 0.6 is 11.8 Å². The molecule has 0 aliphatic rings. The van der Waals surface area contributed by atoms with Crippen molar-refractivity contribution in [2.45, 2.75) is 4.90 Å². The Labute approximate surface area is 183 Å². The summed E-state index contributed by atoms with van der Waals surface area (Å²) < 4.78 is 18.3. The van der Waals surface area contributed by atoms with Crippen LogP contribution in [0.4, 0.5) is 10.1 Å². The third kappa shape index (κ3) is 7.94. The molecule has 0 radical (unpaired) electrons. The molecule has 0 aromatic heterocycles. The van der Waals surface area contributed by atoms with Gasteiger partial charge in [-0.25, -0.2) is 9.82 Å². The molecule has 0 heterocycles. The highest BCUT2D eigenvalue weighted by molar-refractivity contribution is 8.00. The number of amides is 2. The van der Waals surface area contributed by atoms with Crippen molar-refractivity contribution in [3.63, 3.8) is 0 Å². The van der Waals surface area contributed by atoms with Crippen molar-refractivity contribution >= 4 is 35.5 Å². The lowest BCUT2D eigenvalue weighted by atomic mass is 10.2. The fraction of sp³-hybridized carbons (Fsp3) is 0.0870. The molecule has 0 saturated heterocycles. The van der Waals surface area contributed by atoms with E-state index in [1.54, 1.807) is 24.3 Å². The molecule has 3 rings (SSSR count). The van der Waals surface area contributed by atoms with E-state index in [4.69, 9.17) is 4.74 Å². The van der Waals surface area contributed by atoms with Crippen LogP contribution in [0.25, 0.3) is 0 Å². The van der Waals surface area contributed by atoms with Gasteiger partial charge in [0.2, 0.25) is 5.91 Å². The number of hydrogen-bond donors (Lipinski definition) is 2. The van der Waals surface area contributed by atoms with Gasteiger partial charge in [0.15, 0.2) is 6.61 Å². The Balaban J connectivity index is 1.38. The zero-order valence-electron chi connectivity index (χ0n) is 16.5. The molecule has 8 heteroatoms. The summed E-state index contributed by atoms with van der Waals surface area (Å²) in [5.74, 6) is -0.141. The Morgan fingerprint density at radius 3 is 2.35 bits per heavy atom. The normalized spacial score (nSPS) is 10.6. The zero-order chi connectivity index (χ0) is 21.9. The summed E-state index contributed by atoms with van der Waals surface area (Å²) in [4.78, 5) is 24.7. The van der Waals surface area contributed by atoms with E-state index in [2.05, 4.69) is 15.8 Å². The summed E-state index contributed by atoms with van der Waals surface area (Å²) in [5.41, 5.74) is 3.74. The van der Waals surface area contributed by atoms with Crippen molar-refractivity contribution in [2.24, 2.45) is 5.10 Å². The van der Waals surface area contributed by atoms with Crippen LogP contribution in [-0.4, -0.2) is 30.4 Å². The molecule has 6 nitrogen and oxygen atoms in total. The number of benzene rings is 3. The summed E-state index contributed by atoms with van der Waals surface area (Å²) in [5, 5.41) is 6.56. The Kier molecular flexibility index (Phi) is 8.19. The minimum Gasteiger partial charge on any atom is -0.484 e. The second-order valence-electron chi connectivity index (χ2n) is 6.31. The molecule has 0 fully saturated rings. The molecule has 0 bridgehead atoms. The van der Waals surface area contributed by atoms with Crippen molar-refractivity contribution in [1.29, 1.82) is 0 Å². The largest absolute Gasteiger partial charge is 0.484 e. The molecule has 3 aromatic carbocycles. The predicted octanol–water partition coefficient (Wildman–Crippen LogP) is 4.09. The first-order valence-corrected chi connectivity index (χ1v) is 10.3. The molecule has 0 aliphatic carbocycles. The van der Waals surface area contributed by atoms with Gasteiger partial charge in [-0.1, -0.05) is 18.2 Å². The summed E-state index contributed by atoms with van der Waals surface area (Å²) in [6.45, 7) is -0.181. The van der Waals surface area contributed by atoms with Gasteiger partial charge >= 0.3 is 0 Å². The van der Waals surface area contributed by atoms with E-state index >= 15 is 0 Å². The van der Waals surface area contributed by atoms with E-state index in [1.807, 2.05) is 30.3 Å². The van der Waals surface area contributed by atoms with Crippen molar-refractivity contribution in [1.82, 2.24) is 5.43 Å². The van der Waals surface area contributed by atoms with Gasteiger partial charge < -0.3 is 10.1 Å². The average Bonchev–Trinajstić information content (AvgIpc) is 2.79. The van der Waals surface area contributed by atoms with E-state index in [0.29, 0.717) is 11.4 Å². The number of carbonyl (C=O) groups is 2. The predicted molar refractivity (Wildman–Crippen MR) is 120 cm³/mol. The van der Waals surface area contributed by atoms with Crippen LogP contribution in [0.1, 0.15) is 5.56 Å². The van der Waals surface area contributed by atoms with Gasteiger partial charge in [0.05, 0.1) is 12.0 Å². The topological polar surface area (TPSA) is 79.8 Å². The van der Waals surface area contributed by atoms with Crippen LogP contribution in [0.2, 0.25) is 0 Å². The van der Waals surface area contributed by atoms with Crippen molar-refractivity contribution in [3.8, 4) is 5.75 Å².